The van der Waals surface area contributed by atoms with Crippen molar-refractivity contribution < 1.29 is 5.11 Å². The van der Waals surface area contributed by atoms with Crippen LogP contribution in [0, 0.1) is 0 Å². The SMILES string of the molecule is CCn1cnc2c(NCc3ccccc3N)nc(NC(C)CC(C)(C)O)nc21. The molecule has 2 aromatic heterocycles. The fraction of sp³-hybridized carbons (Fsp3) is 0.450. The van der Waals surface area contributed by atoms with Crippen LogP contribution in [0.1, 0.15) is 39.7 Å². The Balaban J connectivity index is 1.89. The van der Waals surface area contributed by atoms with E-state index in [1.165, 1.54) is 0 Å². The van der Waals surface area contributed by atoms with Crippen LogP contribution in [0.15, 0.2) is 30.6 Å². The van der Waals surface area contributed by atoms with Gasteiger partial charge in [-0.15, -0.1) is 0 Å². The predicted molar refractivity (Wildman–Crippen MR) is 113 cm³/mol. The Bertz CT molecular complexity index is 945. The van der Waals surface area contributed by atoms with Crippen LogP contribution in [0.5, 0.6) is 0 Å². The summed E-state index contributed by atoms with van der Waals surface area (Å²) in [6.07, 6.45) is 2.34. The molecule has 8 heteroatoms. The molecule has 0 fully saturated rings. The van der Waals surface area contributed by atoms with E-state index in [4.69, 9.17) is 5.73 Å². The van der Waals surface area contributed by atoms with Gasteiger partial charge in [-0.25, -0.2) is 4.98 Å². The van der Waals surface area contributed by atoms with Crippen LogP contribution in [0.3, 0.4) is 0 Å². The number of nitrogens with one attached hydrogen (secondary N) is 2. The van der Waals surface area contributed by atoms with Crippen molar-refractivity contribution >= 4 is 28.6 Å². The summed E-state index contributed by atoms with van der Waals surface area (Å²) in [4.78, 5) is 13.8. The first kappa shape index (κ1) is 19.9. The maximum absolute atomic E-state index is 10.1. The molecular formula is C20H29N7O. The van der Waals surface area contributed by atoms with Gasteiger partial charge in [-0.3, -0.25) is 0 Å². The third kappa shape index (κ3) is 4.69. The summed E-state index contributed by atoms with van der Waals surface area (Å²) in [5, 5.41) is 16.7. The van der Waals surface area contributed by atoms with Crippen LogP contribution >= 0.6 is 0 Å². The molecule has 0 spiro atoms. The molecule has 1 aromatic carbocycles. The smallest absolute Gasteiger partial charge is 0.226 e. The van der Waals surface area contributed by atoms with E-state index in [9.17, 15) is 5.11 Å². The van der Waals surface area contributed by atoms with Crippen molar-refractivity contribution in [1.82, 2.24) is 19.5 Å². The number of aryl methyl sites for hydroxylation is 1. The molecule has 0 saturated carbocycles. The van der Waals surface area contributed by atoms with Crippen molar-refractivity contribution in [2.24, 2.45) is 0 Å². The second-order valence-corrected chi connectivity index (χ2v) is 7.71. The lowest BCUT2D eigenvalue weighted by molar-refractivity contribution is 0.0672. The lowest BCUT2D eigenvalue weighted by atomic mass is 10.0. The zero-order chi connectivity index (χ0) is 20.3. The Hall–Kier alpha value is -2.87. The van der Waals surface area contributed by atoms with Gasteiger partial charge in [0.25, 0.3) is 0 Å². The van der Waals surface area contributed by atoms with E-state index >= 15 is 0 Å². The van der Waals surface area contributed by atoms with Crippen LogP contribution in [-0.4, -0.2) is 36.3 Å². The number of para-hydroxylation sites is 1. The van der Waals surface area contributed by atoms with Gasteiger partial charge in [0.1, 0.15) is 0 Å². The number of fused-ring (bicyclic) bond motifs is 1. The Morgan fingerprint density at radius 1 is 1.25 bits per heavy atom. The fourth-order valence-corrected chi connectivity index (χ4v) is 3.26. The molecule has 0 aliphatic carbocycles. The second kappa shape index (κ2) is 8.02. The van der Waals surface area contributed by atoms with Crippen LogP contribution < -0.4 is 16.4 Å². The molecule has 2 heterocycles. The summed E-state index contributed by atoms with van der Waals surface area (Å²) in [6.45, 7) is 8.93. The first-order valence-corrected chi connectivity index (χ1v) is 9.56. The standard InChI is InChI=1S/C20H29N7O/c1-5-27-12-23-16-17(22-11-14-8-6-7-9-15(14)21)25-19(26-18(16)27)24-13(2)10-20(3,4)28/h6-9,12-13,28H,5,10-11,21H2,1-4H3,(H2,22,24,25,26). The molecule has 150 valence electrons. The largest absolute Gasteiger partial charge is 0.398 e. The van der Waals surface area contributed by atoms with Crippen molar-refractivity contribution in [1.29, 1.82) is 0 Å². The molecule has 3 aromatic rings. The maximum Gasteiger partial charge on any atom is 0.226 e. The number of nitrogen functional groups attached to an aromatic ring is 1. The number of hydrogen-bond acceptors (Lipinski definition) is 7. The third-order valence-electron chi connectivity index (χ3n) is 4.49. The minimum atomic E-state index is -0.770. The Labute approximate surface area is 165 Å². The topological polar surface area (TPSA) is 114 Å². The van der Waals surface area contributed by atoms with E-state index in [1.54, 1.807) is 20.2 Å². The monoisotopic (exact) mass is 383 g/mol. The summed E-state index contributed by atoms with van der Waals surface area (Å²) in [5.41, 5.74) is 8.49. The normalized spacial score (nSPS) is 12.9. The zero-order valence-electron chi connectivity index (χ0n) is 16.9. The molecule has 0 aliphatic rings. The minimum Gasteiger partial charge on any atom is -0.398 e. The number of nitrogens with zero attached hydrogens (tertiary/aromatic N) is 4. The summed E-state index contributed by atoms with van der Waals surface area (Å²) in [5.74, 6) is 1.15. The van der Waals surface area contributed by atoms with Crippen molar-refractivity contribution in [2.75, 3.05) is 16.4 Å². The van der Waals surface area contributed by atoms with Gasteiger partial charge in [0, 0.05) is 24.8 Å². The van der Waals surface area contributed by atoms with Gasteiger partial charge in [-0.05, 0) is 45.7 Å². The minimum absolute atomic E-state index is 0.00747. The van der Waals surface area contributed by atoms with Crippen molar-refractivity contribution in [2.45, 2.75) is 58.8 Å². The third-order valence-corrected chi connectivity index (χ3v) is 4.49. The molecule has 0 radical (unpaired) electrons. The fourth-order valence-electron chi connectivity index (χ4n) is 3.26. The van der Waals surface area contributed by atoms with Crippen LogP contribution in [0.25, 0.3) is 11.2 Å². The maximum atomic E-state index is 10.1. The van der Waals surface area contributed by atoms with Gasteiger partial charge in [0.2, 0.25) is 5.95 Å². The summed E-state index contributed by atoms with van der Waals surface area (Å²) in [7, 11) is 0. The van der Waals surface area contributed by atoms with E-state index in [1.807, 2.05) is 42.7 Å². The van der Waals surface area contributed by atoms with Crippen molar-refractivity contribution in [3.63, 3.8) is 0 Å². The van der Waals surface area contributed by atoms with E-state index in [2.05, 4.69) is 25.6 Å². The number of imidazole rings is 1. The van der Waals surface area contributed by atoms with E-state index < -0.39 is 5.60 Å². The van der Waals surface area contributed by atoms with Gasteiger partial charge in [0.05, 0.1) is 11.9 Å². The molecule has 1 unspecified atom stereocenters. The van der Waals surface area contributed by atoms with Gasteiger partial charge in [-0.1, -0.05) is 18.2 Å². The van der Waals surface area contributed by atoms with Crippen LogP contribution in [0.2, 0.25) is 0 Å². The average Bonchev–Trinajstić information content (AvgIpc) is 3.02. The number of aliphatic hydroxyl groups is 1. The molecule has 0 bridgehead atoms. The van der Waals surface area contributed by atoms with Gasteiger partial charge < -0.3 is 26.0 Å². The number of hydrogen-bond donors (Lipinski definition) is 4. The number of aromatic nitrogens is 4. The molecular weight excluding hydrogens is 354 g/mol. The zero-order valence-corrected chi connectivity index (χ0v) is 16.9. The van der Waals surface area contributed by atoms with E-state index in [0.717, 1.165) is 29.0 Å². The summed E-state index contributed by atoms with van der Waals surface area (Å²) in [6, 6.07) is 7.74. The quantitative estimate of drug-likeness (QED) is 0.442. The first-order valence-electron chi connectivity index (χ1n) is 9.56. The highest BCUT2D eigenvalue weighted by atomic mass is 16.3. The van der Waals surface area contributed by atoms with Crippen molar-refractivity contribution in [3.05, 3.63) is 36.2 Å². The molecule has 0 amide bonds. The van der Waals surface area contributed by atoms with Gasteiger partial charge in [0.15, 0.2) is 17.0 Å². The molecule has 1 atom stereocenters. The second-order valence-electron chi connectivity index (χ2n) is 7.71. The first-order chi connectivity index (χ1) is 13.3. The van der Waals surface area contributed by atoms with Crippen LogP contribution in [-0.2, 0) is 13.1 Å². The molecule has 0 aliphatic heterocycles. The van der Waals surface area contributed by atoms with E-state index in [0.29, 0.717) is 24.7 Å². The predicted octanol–water partition coefficient (Wildman–Crippen LogP) is 3.00. The lowest BCUT2D eigenvalue weighted by Gasteiger charge is -2.23. The Morgan fingerprint density at radius 2 is 2.00 bits per heavy atom. The summed E-state index contributed by atoms with van der Waals surface area (Å²) < 4.78 is 1.98. The Morgan fingerprint density at radius 3 is 2.68 bits per heavy atom. The highest BCUT2D eigenvalue weighted by molar-refractivity contribution is 5.84. The van der Waals surface area contributed by atoms with Crippen molar-refractivity contribution in [3.8, 4) is 0 Å². The number of nitrogens with two attached hydrogens (primary N) is 1. The molecule has 5 N–H and O–H groups in total. The lowest BCUT2D eigenvalue weighted by Crippen LogP contribution is -2.29. The Kier molecular flexibility index (Phi) is 5.69. The van der Waals surface area contributed by atoms with E-state index in [-0.39, 0.29) is 6.04 Å². The molecule has 0 saturated heterocycles. The highest BCUT2D eigenvalue weighted by Crippen LogP contribution is 2.23. The number of benzene rings is 1. The van der Waals surface area contributed by atoms with Crippen LogP contribution in [0.4, 0.5) is 17.5 Å². The van der Waals surface area contributed by atoms with Gasteiger partial charge in [-0.2, -0.15) is 9.97 Å². The molecule has 28 heavy (non-hydrogen) atoms. The highest BCUT2D eigenvalue weighted by Gasteiger charge is 2.19. The summed E-state index contributed by atoms with van der Waals surface area (Å²) >= 11 is 0. The number of rotatable bonds is 8. The molecule has 8 nitrogen and oxygen atoms in total. The number of anilines is 3. The average molecular weight is 384 g/mol. The molecule has 3 rings (SSSR count). The van der Waals surface area contributed by atoms with Gasteiger partial charge >= 0.3 is 0 Å².